The van der Waals surface area contributed by atoms with Crippen LogP contribution in [0.4, 0.5) is 5.82 Å². The highest BCUT2D eigenvalue weighted by Crippen LogP contribution is 2.25. The van der Waals surface area contributed by atoms with Crippen molar-refractivity contribution in [2.45, 2.75) is 23.4 Å². The summed E-state index contributed by atoms with van der Waals surface area (Å²) < 4.78 is 0.984. The summed E-state index contributed by atoms with van der Waals surface area (Å²) in [7, 11) is 0. The van der Waals surface area contributed by atoms with E-state index in [9.17, 15) is 0 Å². The van der Waals surface area contributed by atoms with Crippen LogP contribution in [0.2, 0.25) is 0 Å². The molecule has 0 amide bonds. The van der Waals surface area contributed by atoms with Gasteiger partial charge in [0.2, 0.25) is 0 Å². The van der Waals surface area contributed by atoms with E-state index in [1.54, 1.807) is 18.0 Å². The van der Waals surface area contributed by atoms with Crippen LogP contribution in [-0.4, -0.2) is 16.5 Å². The SMILES string of the molecule is CCCNc1cccc(Sc2ccc(Br)cn2)n1. The van der Waals surface area contributed by atoms with E-state index in [1.165, 1.54) is 0 Å². The lowest BCUT2D eigenvalue weighted by Crippen LogP contribution is -2.01. The van der Waals surface area contributed by atoms with Gasteiger partial charge in [-0.15, -0.1) is 0 Å². The van der Waals surface area contributed by atoms with E-state index in [0.717, 1.165) is 33.3 Å². The third-order valence-electron chi connectivity index (χ3n) is 2.19. The summed E-state index contributed by atoms with van der Waals surface area (Å²) in [6.45, 7) is 3.08. The second-order valence-corrected chi connectivity index (χ2v) is 5.66. The Morgan fingerprint density at radius 1 is 1.22 bits per heavy atom. The summed E-state index contributed by atoms with van der Waals surface area (Å²) in [6.07, 6.45) is 2.88. The molecule has 2 heterocycles. The Labute approximate surface area is 120 Å². The fraction of sp³-hybridized carbons (Fsp3) is 0.231. The van der Waals surface area contributed by atoms with Crippen molar-refractivity contribution in [3.8, 4) is 0 Å². The number of nitrogens with one attached hydrogen (secondary N) is 1. The molecule has 2 aromatic heterocycles. The molecular formula is C13H14BrN3S. The highest BCUT2D eigenvalue weighted by molar-refractivity contribution is 9.10. The predicted molar refractivity (Wildman–Crippen MR) is 79.1 cm³/mol. The standard InChI is InChI=1S/C13H14BrN3S/c1-2-8-15-11-4-3-5-13(17-11)18-12-7-6-10(14)9-16-12/h3-7,9H,2,8H2,1H3,(H,15,17). The van der Waals surface area contributed by atoms with E-state index < -0.39 is 0 Å². The van der Waals surface area contributed by atoms with Crippen molar-refractivity contribution in [2.75, 3.05) is 11.9 Å². The molecule has 0 saturated carbocycles. The fourth-order valence-electron chi connectivity index (χ4n) is 1.35. The minimum atomic E-state index is 0.916. The van der Waals surface area contributed by atoms with Crippen molar-refractivity contribution in [3.63, 3.8) is 0 Å². The molecule has 0 aromatic carbocycles. The van der Waals surface area contributed by atoms with Crippen molar-refractivity contribution in [3.05, 3.63) is 41.0 Å². The van der Waals surface area contributed by atoms with Crippen molar-refractivity contribution >= 4 is 33.5 Å². The normalized spacial score (nSPS) is 10.3. The summed E-state index contributed by atoms with van der Waals surface area (Å²) in [5, 5.41) is 5.17. The van der Waals surface area contributed by atoms with E-state index in [1.807, 2.05) is 30.3 Å². The van der Waals surface area contributed by atoms with Gasteiger partial charge in [0.25, 0.3) is 0 Å². The van der Waals surface area contributed by atoms with Gasteiger partial charge in [-0.2, -0.15) is 0 Å². The summed E-state index contributed by atoms with van der Waals surface area (Å²) in [5.41, 5.74) is 0. The molecular weight excluding hydrogens is 310 g/mol. The molecule has 2 rings (SSSR count). The minimum absolute atomic E-state index is 0.916. The summed E-state index contributed by atoms with van der Waals surface area (Å²) in [4.78, 5) is 8.85. The molecule has 1 N–H and O–H groups in total. The van der Waals surface area contributed by atoms with Crippen LogP contribution >= 0.6 is 27.7 Å². The van der Waals surface area contributed by atoms with Gasteiger partial charge in [0.05, 0.1) is 0 Å². The van der Waals surface area contributed by atoms with Gasteiger partial charge in [-0.1, -0.05) is 24.8 Å². The van der Waals surface area contributed by atoms with Crippen LogP contribution in [0, 0.1) is 0 Å². The van der Waals surface area contributed by atoms with Gasteiger partial charge in [-0.05, 0) is 46.6 Å². The lowest BCUT2D eigenvalue weighted by Gasteiger charge is -2.05. The molecule has 0 aliphatic heterocycles. The zero-order valence-corrected chi connectivity index (χ0v) is 12.5. The third kappa shape index (κ3) is 3.99. The highest BCUT2D eigenvalue weighted by Gasteiger charge is 2.01. The highest BCUT2D eigenvalue weighted by atomic mass is 79.9. The molecule has 0 aliphatic carbocycles. The molecule has 3 nitrogen and oxygen atoms in total. The van der Waals surface area contributed by atoms with Crippen LogP contribution in [0.15, 0.2) is 51.1 Å². The molecule has 2 aromatic rings. The number of hydrogen-bond acceptors (Lipinski definition) is 4. The number of anilines is 1. The van der Waals surface area contributed by atoms with Gasteiger partial charge < -0.3 is 5.32 Å². The summed E-state index contributed by atoms with van der Waals surface area (Å²) in [6, 6.07) is 9.93. The van der Waals surface area contributed by atoms with Crippen LogP contribution < -0.4 is 5.32 Å². The second-order valence-electron chi connectivity index (χ2n) is 3.70. The lowest BCUT2D eigenvalue weighted by atomic mass is 10.4. The van der Waals surface area contributed by atoms with Crippen molar-refractivity contribution in [1.82, 2.24) is 9.97 Å². The number of rotatable bonds is 5. The first-order chi connectivity index (χ1) is 8.78. The molecule has 0 spiro atoms. The van der Waals surface area contributed by atoms with Crippen LogP contribution in [0.1, 0.15) is 13.3 Å². The Morgan fingerprint density at radius 3 is 2.83 bits per heavy atom. The largest absolute Gasteiger partial charge is 0.370 e. The fourth-order valence-corrected chi connectivity index (χ4v) is 2.33. The molecule has 94 valence electrons. The molecule has 5 heteroatoms. The molecule has 0 unspecified atom stereocenters. The maximum absolute atomic E-state index is 4.53. The van der Waals surface area contributed by atoms with Crippen molar-refractivity contribution < 1.29 is 0 Å². The van der Waals surface area contributed by atoms with E-state index >= 15 is 0 Å². The van der Waals surface area contributed by atoms with E-state index in [0.29, 0.717) is 0 Å². The number of pyridine rings is 2. The first-order valence-electron chi connectivity index (χ1n) is 5.78. The van der Waals surface area contributed by atoms with Gasteiger partial charge in [0.1, 0.15) is 15.9 Å². The Hall–Kier alpha value is -1.07. The van der Waals surface area contributed by atoms with Gasteiger partial charge in [0, 0.05) is 17.2 Å². The van der Waals surface area contributed by atoms with E-state index in [4.69, 9.17) is 0 Å². The number of hydrogen-bond donors (Lipinski definition) is 1. The van der Waals surface area contributed by atoms with Crippen molar-refractivity contribution in [1.29, 1.82) is 0 Å². The van der Waals surface area contributed by atoms with Gasteiger partial charge >= 0.3 is 0 Å². The molecule has 0 radical (unpaired) electrons. The topological polar surface area (TPSA) is 37.8 Å². The average Bonchev–Trinajstić information content (AvgIpc) is 2.40. The molecule has 0 bridgehead atoms. The van der Waals surface area contributed by atoms with Gasteiger partial charge in [-0.25, -0.2) is 9.97 Å². The maximum atomic E-state index is 4.53. The average molecular weight is 324 g/mol. The monoisotopic (exact) mass is 323 g/mol. The molecule has 0 atom stereocenters. The third-order valence-corrected chi connectivity index (χ3v) is 3.55. The van der Waals surface area contributed by atoms with Crippen LogP contribution in [0.25, 0.3) is 0 Å². The molecule has 0 saturated heterocycles. The smallest absolute Gasteiger partial charge is 0.127 e. The number of halogens is 1. The lowest BCUT2D eigenvalue weighted by molar-refractivity contribution is 0.959. The molecule has 0 fully saturated rings. The van der Waals surface area contributed by atoms with E-state index in [2.05, 4.69) is 38.1 Å². The minimum Gasteiger partial charge on any atom is -0.370 e. The Balaban J connectivity index is 2.06. The Bertz CT molecular complexity index is 502. The van der Waals surface area contributed by atoms with Gasteiger partial charge in [-0.3, -0.25) is 0 Å². The number of nitrogens with zero attached hydrogens (tertiary/aromatic N) is 2. The van der Waals surface area contributed by atoms with Crippen molar-refractivity contribution in [2.24, 2.45) is 0 Å². The molecule has 18 heavy (non-hydrogen) atoms. The first-order valence-corrected chi connectivity index (χ1v) is 7.39. The predicted octanol–water partition coefficient (Wildman–Crippen LogP) is 4.21. The second kappa shape index (κ2) is 6.75. The molecule has 0 aliphatic rings. The number of aromatic nitrogens is 2. The maximum Gasteiger partial charge on any atom is 0.127 e. The van der Waals surface area contributed by atoms with E-state index in [-0.39, 0.29) is 0 Å². The Kier molecular flexibility index (Phi) is 5.01. The first kappa shape index (κ1) is 13.4. The Morgan fingerprint density at radius 2 is 2.11 bits per heavy atom. The summed E-state index contributed by atoms with van der Waals surface area (Å²) >= 11 is 4.93. The van der Waals surface area contributed by atoms with Crippen LogP contribution in [-0.2, 0) is 0 Å². The zero-order valence-electron chi connectivity index (χ0n) is 10.1. The quantitative estimate of drug-likeness (QED) is 0.894. The summed E-state index contributed by atoms with van der Waals surface area (Å²) in [5.74, 6) is 0.916. The van der Waals surface area contributed by atoms with Crippen LogP contribution in [0.5, 0.6) is 0 Å². The zero-order chi connectivity index (χ0) is 12.8. The van der Waals surface area contributed by atoms with Gasteiger partial charge in [0.15, 0.2) is 0 Å². The van der Waals surface area contributed by atoms with Crippen LogP contribution in [0.3, 0.4) is 0 Å².